The summed E-state index contributed by atoms with van der Waals surface area (Å²) in [7, 11) is 4.08. The van der Waals surface area contributed by atoms with Gasteiger partial charge in [-0.3, -0.25) is 0 Å². The van der Waals surface area contributed by atoms with Crippen molar-refractivity contribution in [3.8, 4) is 0 Å². The normalized spacial score (nSPS) is 12.4. The predicted molar refractivity (Wildman–Crippen MR) is 66.1 cm³/mol. The molecular weight excluding hydrogens is 216 g/mol. The molecule has 1 aliphatic rings. The van der Waals surface area contributed by atoms with E-state index >= 15 is 0 Å². The molecule has 0 spiro atoms. The van der Waals surface area contributed by atoms with Crippen LogP contribution in [0.2, 0.25) is 6.04 Å². The molecule has 0 amide bonds. The monoisotopic (exact) mass is 232 g/mol. The zero-order valence-electron chi connectivity index (χ0n) is 9.75. The highest BCUT2D eigenvalue weighted by Gasteiger charge is 2.15. The van der Waals surface area contributed by atoms with Crippen molar-refractivity contribution < 1.29 is 9.47 Å². The van der Waals surface area contributed by atoms with Gasteiger partial charge in [0.25, 0.3) is 5.95 Å². The molecule has 3 heteroatoms. The number of allylic oxidation sites excluding steroid dienone is 1. The number of aryl methyl sites for hydroxylation is 1. The lowest BCUT2D eigenvalue weighted by Crippen LogP contribution is -2.26. The zero-order chi connectivity index (χ0) is 11.4. The average Bonchev–Trinajstić information content (AvgIpc) is 2.27. The summed E-state index contributed by atoms with van der Waals surface area (Å²) in [6.45, 7) is 0. The molecular formula is C13H16O2Si. The van der Waals surface area contributed by atoms with Crippen molar-refractivity contribution in [1.29, 1.82) is 0 Å². The van der Waals surface area contributed by atoms with Gasteiger partial charge < -0.3 is 9.47 Å². The first kappa shape index (κ1) is 11.3. The summed E-state index contributed by atoms with van der Waals surface area (Å²) in [4.78, 5) is 0. The minimum atomic E-state index is 0.613. The number of fused-ring (bicyclic) bond motifs is 1. The van der Waals surface area contributed by atoms with E-state index in [-0.39, 0.29) is 0 Å². The first-order chi connectivity index (χ1) is 7.85. The molecule has 2 nitrogen and oxygen atoms in total. The molecule has 16 heavy (non-hydrogen) atoms. The molecule has 0 heterocycles. The van der Waals surface area contributed by atoms with Crippen LogP contribution in [0.1, 0.15) is 11.1 Å². The highest BCUT2D eigenvalue weighted by molar-refractivity contribution is 6.54. The van der Waals surface area contributed by atoms with E-state index in [4.69, 9.17) is 9.47 Å². The first-order valence-corrected chi connectivity index (χ1v) is 6.68. The fourth-order valence-corrected chi connectivity index (χ4v) is 3.11. The second kappa shape index (κ2) is 5.21. The number of benzene rings is 1. The summed E-state index contributed by atoms with van der Waals surface area (Å²) < 4.78 is 10.1. The van der Waals surface area contributed by atoms with Crippen LogP contribution >= 0.6 is 0 Å². The van der Waals surface area contributed by atoms with Gasteiger partial charge in [0.05, 0.1) is 23.7 Å². The molecule has 0 aliphatic heterocycles. The Bertz CT molecular complexity index is 393. The van der Waals surface area contributed by atoms with E-state index < -0.39 is 0 Å². The van der Waals surface area contributed by atoms with Gasteiger partial charge in [0.2, 0.25) is 0 Å². The van der Waals surface area contributed by atoms with Crippen LogP contribution in [0.25, 0.3) is 0 Å². The molecule has 0 fully saturated rings. The Balaban J connectivity index is 1.95. The lowest BCUT2D eigenvalue weighted by Gasteiger charge is -2.21. The molecule has 1 aliphatic carbocycles. The van der Waals surface area contributed by atoms with Gasteiger partial charge in [0, 0.05) is 0 Å². The predicted octanol–water partition coefficient (Wildman–Crippen LogP) is 1.67. The average molecular weight is 232 g/mol. The minimum Gasteiger partial charge on any atom is -0.469 e. The molecule has 0 bridgehead atoms. The van der Waals surface area contributed by atoms with E-state index in [1.807, 2.05) is 6.08 Å². The highest BCUT2D eigenvalue weighted by atomic mass is 28.2. The summed E-state index contributed by atoms with van der Waals surface area (Å²) in [6, 6.07) is 7.63. The van der Waals surface area contributed by atoms with Crippen molar-refractivity contribution in [1.82, 2.24) is 0 Å². The minimum absolute atomic E-state index is 0.613. The molecule has 1 aromatic carbocycles. The molecule has 0 unspecified atom stereocenters. The Morgan fingerprint density at radius 1 is 1.31 bits per heavy atom. The van der Waals surface area contributed by atoms with Crippen LogP contribution in [0.15, 0.2) is 30.2 Å². The Hall–Kier alpha value is -1.22. The van der Waals surface area contributed by atoms with E-state index in [0.29, 0.717) is 5.95 Å². The lowest BCUT2D eigenvalue weighted by atomic mass is 9.89. The second-order valence-electron chi connectivity index (χ2n) is 3.76. The topological polar surface area (TPSA) is 18.5 Å². The van der Waals surface area contributed by atoms with Crippen molar-refractivity contribution in [3.63, 3.8) is 0 Å². The van der Waals surface area contributed by atoms with Crippen molar-refractivity contribution in [2.75, 3.05) is 14.2 Å². The van der Waals surface area contributed by atoms with Gasteiger partial charge in [-0.1, -0.05) is 23.4 Å². The van der Waals surface area contributed by atoms with Crippen LogP contribution in [-0.2, 0) is 22.3 Å². The number of hydrogen-bond acceptors (Lipinski definition) is 2. The van der Waals surface area contributed by atoms with Crippen LogP contribution in [-0.4, -0.2) is 23.7 Å². The smallest absolute Gasteiger partial charge is 0.274 e. The molecule has 0 aromatic heterocycles. The maximum Gasteiger partial charge on any atom is 0.274 e. The number of methoxy groups -OCH3 is 2. The van der Waals surface area contributed by atoms with Crippen molar-refractivity contribution in [3.05, 3.63) is 41.3 Å². The van der Waals surface area contributed by atoms with Gasteiger partial charge in [0.15, 0.2) is 0 Å². The fourth-order valence-electron chi connectivity index (χ4n) is 1.91. The third kappa shape index (κ3) is 2.30. The molecule has 0 atom stereocenters. The number of ether oxygens (including phenoxy) is 2. The summed E-state index contributed by atoms with van der Waals surface area (Å²) in [6.07, 6.45) is 4.52. The molecule has 0 saturated heterocycles. The van der Waals surface area contributed by atoms with Gasteiger partial charge in [-0.25, -0.2) is 0 Å². The molecule has 1 aromatic rings. The maximum atomic E-state index is 5.05. The van der Waals surface area contributed by atoms with Crippen LogP contribution in [0.4, 0.5) is 0 Å². The van der Waals surface area contributed by atoms with Gasteiger partial charge >= 0.3 is 0 Å². The Kier molecular flexibility index (Phi) is 3.67. The van der Waals surface area contributed by atoms with Crippen LogP contribution < -0.4 is 5.19 Å². The van der Waals surface area contributed by atoms with Crippen LogP contribution in [0.3, 0.4) is 0 Å². The Labute approximate surface area is 99.1 Å². The standard InChI is InChI=1S/C13H16O2Si/c1-14-13(15-2)8-9-16-12-5-3-4-10-6-7-11(10)12/h3-5,8H,6-7,9H2,1-2H3. The van der Waals surface area contributed by atoms with Crippen LogP contribution in [0, 0.1) is 0 Å². The summed E-state index contributed by atoms with van der Waals surface area (Å²) in [5.41, 5.74) is 3.11. The second-order valence-corrected chi connectivity index (χ2v) is 5.06. The summed E-state index contributed by atoms with van der Waals surface area (Å²) >= 11 is 0. The maximum absolute atomic E-state index is 5.05. The van der Waals surface area contributed by atoms with E-state index in [0.717, 1.165) is 15.6 Å². The SMILES string of the molecule is COC(=CC[Si]c1cccc2c1CC2)OC. The van der Waals surface area contributed by atoms with Gasteiger partial charge in [0.1, 0.15) is 0 Å². The third-order valence-corrected chi connectivity index (χ3v) is 4.14. The number of hydrogen-bond donors (Lipinski definition) is 0. The largest absolute Gasteiger partial charge is 0.469 e. The molecule has 0 N–H and O–H groups in total. The quantitative estimate of drug-likeness (QED) is 0.568. The summed E-state index contributed by atoms with van der Waals surface area (Å²) in [5.74, 6) is 0.613. The van der Waals surface area contributed by atoms with E-state index in [1.54, 1.807) is 19.8 Å². The van der Waals surface area contributed by atoms with E-state index in [2.05, 4.69) is 18.2 Å². The van der Waals surface area contributed by atoms with Crippen molar-refractivity contribution in [2.24, 2.45) is 0 Å². The van der Waals surface area contributed by atoms with Crippen molar-refractivity contribution >= 4 is 14.7 Å². The molecule has 2 rings (SSSR count). The van der Waals surface area contributed by atoms with Crippen molar-refractivity contribution in [2.45, 2.75) is 18.9 Å². The molecule has 2 radical (unpaired) electrons. The van der Waals surface area contributed by atoms with Gasteiger partial charge in [-0.2, -0.15) is 0 Å². The Morgan fingerprint density at radius 3 is 2.75 bits per heavy atom. The zero-order valence-corrected chi connectivity index (χ0v) is 10.7. The first-order valence-electron chi connectivity index (χ1n) is 5.48. The molecule has 0 saturated carbocycles. The third-order valence-electron chi connectivity index (χ3n) is 2.88. The van der Waals surface area contributed by atoms with Gasteiger partial charge in [-0.15, -0.1) is 0 Å². The van der Waals surface area contributed by atoms with Crippen LogP contribution in [0.5, 0.6) is 0 Å². The fraction of sp³-hybridized carbons (Fsp3) is 0.385. The summed E-state index contributed by atoms with van der Waals surface area (Å²) in [5, 5.41) is 1.51. The Morgan fingerprint density at radius 2 is 2.12 bits per heavy atom. The van der Waals surface area contributed by atoms with E-state index in [9.17, 15) is 0 Å². The van der Waals surface area contributed by atoms with E-state index in [1.165, 1.54) is 23.6 Å². The highest BCUT2D eigenvalue weighted by Crippen LogP contribution is 2.19. The van der Waals surface area contributed by atoms with Gasteiger partial charge in [-0.05, 0) is 36.1 Å². The molecule has 84 valence electrons. The lowest BCUT2D eigenvalue weighted by molar-refractivity contribution is 0.0948. The number of rotatable bonds is 5.